The molecule has 0 saturated carbocycles. The number of fused-ring (bicyclic) bond motifs is 2. The van der Waals surface area contributed by atoms with Crippen molar-refractivity contribution >= 4 is 22.6 Å². The molecule has 3 atom stereocenters. The Bertz CT molecular complexity index is 555. The van der Waals surface area contributed by atoms with E-state index in [-0.39, 0.29) is 0 Å². The summed E-state index contributed by atoms with van der Waals surface area (Å²) in [6.45, 7) is 2.21. The molecule has 0 amide bonds. The van der Waals surface area contributed by atoms with Gasteiger partial charge in [0.1, 0.15) is 0 Å². The molecule has 2 bridgehead atoms. The summed E-state index contributed by atoms with van der Waals surface area (Å²) in [6.07, 6.45) is 4.79. The van der Waals surface area contributed by atoms with Gasteiger partial charge in [-0.05, 0) is 78.6 Å². The predicted octanol–water partition coefficient (Wildman–Crippen LogP) is 4.06. The topological polar surface area (TPSA) is 24.5 Å². The van der Waals surface area contributed by atoms with Gasteiger partial charge < -0.3 is 0 Å². The van der Waals surface area contributed by atoms with Crippen LogP contribution >= 0.6 is 22.6 Å². The number of hydroxylamine groups is 1. The van der Waals surface area contributed by atoms with Crippen LogP contribution in [0.15, 0.2) is 35.5 Å². The van der Waals surface area contributed by atoms with Gasteiger partial charge in [0.05, 0.1) is 7.11 Å². The second-order valence-electron chi connectivity index (χ2n) is 6.35. The van der Waals surface area contributed by atoms with E-state index in [0.717, 1.165) is 12.5 Å². The standard InChI is InChI=1S/C18H25IN2O/c1-4-16(20-22-3)18-15(12-5-7-13(19)8-6-12)11-14-9-10-17(18)21(14)2/h5-8,14-15,17,20H,4,9-11H2,1-3H3/t14?,15-,17-/m1/s1. The number of nitrogens with zero attached hydrogens (tertiary/aromatic N) is 1. The molecule has 1 aromatic carbocycles. The average molecular weight is 412 g/mol. The SMILES string of the molecule is CCC(NOC)=C1[C@H]2CCC(C[C@@H]1c1ccc(I)cc1)N2C. The normalized spacial score (nSPS) is 30.5. The van der Waals surface area contributed by atoms with E-state index >= 15 is 0 Å². The predicted molar refractivity (Wildman–Crippen MR) is 98.6 cm³/mol. The Morgan fingerprint density at radius 3 is 2.68 bits per heavy atom. The molecule has 0 spiro atoms. The first kappa shape index (κ1) is 16.3. The summed E-state index contributed by atoms with van der Waals surface area (Å²) < 4.78 is 1.30. The summed E-state index contributed by atoms with van der Waals surface area (Å²) in [5, 5.41) is 0. The van der Waals surface area contributed by atoms with Gasteiger partial charge in [0.25, 0.3) is 0 Å². The lowest BCUT2D eigenvalue weighted by molar-refractivity contribution is 0.110. The van der Waals surface area contributed by atoms with Gasteiger partial charge >= 0.3 is 0 Å². The zero-order valence-corrected chi connectivity index (χ0v) is 15.8. The van der Waals surface area contributed by atoms with E-state index in [1.54, 1.807) is 12.7 Å². The van der Waals surface area contributed by atoms with Crippen molar-refractivity contribution in [2.75, 3.05) is 14.2 Å². The van der Waals surface area contributed by atoms with Crippen molar-refractivity contribution in [1.29, 1.82) is 0 Å². The maximum atomic E-state index is 5.27. The molecule has 0 radical (unpaired) electrons. The molecule has 3 nitrogen and oxygen atoms in total. The van der Waals surface area contributed by atoms with Gasteiger partial charge in [0, 0.05) is 27.3 Å². The van der Waals surface area contributed by atoms with Crippen molar-refractivity contribution in [3.05, 3.63) is 44.7 Å². The van der Waals surface area contributed by atoms with Crippen LogP contribution in [0.2, 0.25) is 0 Å². The monoisotopic (exact) mass is 412 g/mol. The minimum absolute atomic E-state index is 0.517. The number of likely N-dealkylation sites (N-methyl/N-ethyl adjacent to an activating group) is 1. The second-order valence-corrected chi connectivity index (χ2v) is 7.59. The van der Waals surface area contributed by atoms with Crippen LogP contribution < -0.4 is 5.48 Å². The van der Waals surface area contributed by atoms with Crippen LogP contribution in [0.1, 0.15) is 44.1 Å². The first-order valence-corrected chi connectivity index (χ1v) is 9.22. The summed E-state index contributed by atoms with van der Waals surface area (Å²) in [4.78, 5) is 7.84. The van der Waals surface area contributed by atoms with Gasteiger partial charge in [0.2, 0.25) is 0 Å². The maximum absolute atomic E-state index is 5.27. The molecule has 2 aliphatic heterocycles. The molecule has 0 aromatic heterocycles. The van der Waals surface area contributed by atoms with Crippen LogP contribution in [0.5, 0.6) is 0 Å². The first-order valence-electron chi connectivity index (χ1n) is 8.15. The maximum Gasteiger partial charge on any atom is 0.0636 e. The molecular weight excluding hydrogens is 387 g/mol. The van der Waals surface area contributed by atoms with Crippen LogP contribution in [0.25, 0.3) is 0 Å². The lowest BCUT2D eigenvalue weighted by atomic mass is 9.79. The molecule has 2 aliphatic rings. The second kappa shape index (κ2) is 6.89. The number of hydrogen-bond acceptors (Lipinski definition) is 3. The Morgan fingerprint density at radius 1 is 1.32 bits per heavy atom. The fourth-order valence-corrected chi connectivity index (χ4v) is 4.54. The van der Waals surface area contributed by atoms with E-state index in [0.29, 0.717) is 12.0 Å². The van der Waals surface area contributed by atoms with E-state index in [4.69, 9.17) is 4.84 Å². The highest BCUT2D eigenvalue weighted by Gasteiger charge is 2.43. The summed E-state index contributed by atoms with van der Waals surface area (Å²) in [6, 6.07) is 10.3. The molecule has 120 valence electrons. The summed E-state index contributed by atoms with van der Waals surface area (Å²) in [5.74, 6) is 0.517. The van der Waals surface area contributed by atoms with E-state index < -0.39 is 0 Å². The Morgan fingerprint density at radius 2 is 2.05 bits per heavy atom. The first-order chi connectivity index (χ1) is 10.7. The number of hydrogen-bond donors (Lipinski definition) is 1. The number of piperidine rings is 1. The Hall–Kier alpha value is -0.590. The van der Waals surface area contributed by atoms with Crippen molar-refractivity contribution < 1.29 is 4.84 Å². The van der Waals surface area contributed by atoms with Gasteiger partial charge in [-0.1, -0.05) is 19.1 Å². The van der Waals surface area contributed by atoms with Crippen LogP contribution in [0.3, 0.4) is 0 Å². The van der Waals surface area contributed by atoms with Crippen molar-refractivity contribution in [1.82, 2.24) is 10.4 Å². The van der Waals surface area contributed by atoms with Crippen molar-refractivity contribution in [2.45, 2.75) is 50.6 Å². The zero-order valence-electron chi connectivity index (χ0n) is 13.6. The molecule has 3 rings (SSSR count). The van der Waals surface area contributed by atoms with Crippen LogP contribution in [0.4, 0.5) is 0 Å². The molecular formula is C18H25IN2O. The quantitative estimate of drug-likeness (QED) is 0.597. The van der Waals surface area contributed by atoms with Crippen LogP contribution in [-0.4, -0.2) is 31.1 Å². The van der Waals surface area contributed by atoms with Crippen LogP contribution in [-0.2, 0) is 4.84 Å². The summed E-state index contributed by atoms with van der Waals surface area (Å²) >= 11 is 2.38. The number of benzene rings is 1. The van der Waals surface area contributed by atoms with E-state index in [9.17, 15) is 0 Å². The number of allylic oxidation sites excluding steroid dienone is 1. The lowest BCUT2D eigenvalue weighted by Crippen LogP contribution is -2.42. The fraction of sp³-hybridized carbons (Fsp3) is 0.556. The minimum atomic E-state index is 0.517. The van der Waals surface area contributed by atoms with E-state index in [1.165, 1.54) is 34.1 Å². The van der Waals surface area contributed by atoms with Gasteiger partial charge in [-0.3, -0.25) is 15.2 Å². The molecule has 2 heterocycles. The molecule has 4 heteroatoms. The van der Waals surface area contributed by atoms with Crippen molar-refractivity contribution in [2.24, 2.45) is 0 Å². The molecule has 22 heavy (non-hydrogen) atoms. The molecule has 1 N–H and O–H groups in total. The third-order valence-corrected chi connectivity index (χ3v) is 6.00. The van der Waals surface area contributed by atoms with Gasteiger partial charge in [-0.2, -0.15) is 0 Å². The van der Waals surface area contributed by atoms with Gasteiger partial charge in [0.15, 0.2) is 0 Å². The van der Waals surface area contributed by atoms with E-state index in [1.807, 2.05) is 0 Å². The van der Waals surface area contributed by atoms with E-state index in [2.05, 4.69) is 71.2 Å². The fourth-order valence-electron chi connectivity index (χ4n) is 4.18. The Labute approximate surface area is 147 Å². The third-order valence-electron chi connectivity index (χ3n) is 5.28. The number of halogens is 1. The molecule has 2 saturated heterocycles. The van der Waals surface area contributed by atoms with Crippen LogP contribution in [0, 0.1) is 3.57 Å². The van der Waals surface area contributed by atoms with Crippen molar-refractivity contribution in [3.8, 4) is 0 Å². The molecule has 1 aromatic rings. The highest BCUT2D eigenvalue weighted by Crippen LogP contribution is 2.47. The lowest BCUT2D eigenvalue weighted by Gasteiger charge is -2.40. The summed E-state index contributed by atoms with van der Waals surface area (Å²) in [7, 11) is 3.99. The van der Waals surface area contributed by atoms with Crippen molar-refractivity contribution in [3.63, 3.8) is 0 Å². The van der Waals surface area contributed by atoms with Gasteiger partial charge in [-0.15, -0.1) is 0 Å². The smallest absolute Gasteiger partial charge is 0.0636 e. The summed E-state index contributed by atoms with van der Waals surface area (Å²) in [5.41, 5.74) is 7.43. The average Bonchev–Trinajstić information content (AvgIpc) is 2.76. The molecule has 2 fully saturated rings. The minimum Gasteiger partial charge on any atom is -0.297 e. The zero-order chi connectivity index (χ0) is 15.7. The highest BCUT2D eigenvalue weighted by molar-refractivity contribution is 14.1. The Kier molecular flexibility index (Phi) is 5.10. The number of nitrogens with one attached hydrogen (secondary N) is 1. The Balaban J connectivity index is 2.04. The number of rotatable bonds is 4. The highest BCUT2D eigenvalue weighted by atomic mass is 127. The largest absolute Gasteiger partial charge is 0.297 e. The molecule has 0 aliphatic carbocycles. The van der Waals surface area contributed by atoms with Gasteiger partial charge in [-0.25, -0.2) is 0 Å². The third kappa shape index (κ3) is 2.93. The molecule has 1 unspecified atom stereocenters.